The second kappa shape index (κ2) is 7.72. The van der Waals surface area contributed by atoms with Gasteiger partial charge >= 0.3 is 6.18 Å². The highest BCUT2D eigenvalue weighted by Gasteiger charge is 2.37. The highest BCUT2D eigenvalue weighted by molar-refractivity contribution is 5.95. The average Bonchev–Trinajstić information content (AvgIpc) is 2.89. The summed E-state index contributed by atoms with van der Waals surface area (Å²) in [6.45, 7) is 5.65. The van der Waals surface area contributed by atoms with Crippen molar-refractivity contribution in [3.8, 4) is 0 Å². The van der Waals surface area contributed by atoms with E-state index in [4.69, 9.17) is 5.73 Å². The van der Waals surface area contributed by atoms with E-state index in [1.807, 2.05) is 4.90 Å². The minimum atomic E-state index is -4.50. The normalized spacial score (nSPS) is 22.8. The number of alkyl halides is 3. The number of amides is 1. The molecule has 8 heteroatoms. The summed E-state index contributed by atoms with van der Waals surface area (Å²) in [5.41, 5.74) is 4.65. The molecule has 1 aliphatic rings. The quantitative estimate of drug-likeness (QED) is 0.861. The number of likely N-dealkylation sites (tertiary alicyclic amines) is 1. The lowest BCUT2D eigenvalue weighted by Crippen LogP contribution is -2.42. The lowest BCUT2D eigenvalue weighted by Gasteiger charge is -2.27. The van der Waals surface area contributed by atoms with Gasteiger partial charge in [-0.3, -0.25) is 9.69 Å². The zero-order valence-corrected chi connectivity index (χ0v) is 14.5. The minimum Gasteiger partial charge on any atom is -0.330 e. The molecule has 0 radical (unpaired) electrons. The van der Waals surface area contributed by atoms with Crippen molar-refractivity contribution >= 4 is 24.0 Å². The van der Waals surface area contributed by atoms with Gasteiger partial charge in [-0.15, -0.1) is 12.4 Å². The van der Waals surface area contributed by atoms with E-state index < -0.39 is 23.7 Å². The van der Waals surface area contributed by atoms with Crippen molar-refractivity contribution < 1.29 is 18.0 Å². The number of nitrogens with zero attached hydrogens (tertiary/aromatic N) is 1. The molecule has 0 saturated carbocycles. The van der Waals surface area contributed by atoms with Crippen molar-refractivity contribution in [2.24, 2.45) is 11.1 Å². The molecule has 1 aliphatic heterocycles. The van der Waals surface area contributed by atoms with Crippen molar-refractivity contribution in [2.75, 3.05) is 25.0 Å². The molecule has 24 heavy (non-hydrogen) atoms. The third-order valence-electron chi connectivity index (χ3n) is 4.50. The first kappa shape index (κ1) is 20.7. The third-order valence-corrected chi connectivity index (χ3v) is 4.50. The molecule has 2 unspecified atom stereocenters. The standard InChI is InChI=1S/C16H22F3N3O.ClH/c1-11(22-8-7-15(2,9-20)10-22)14(23)21-13-6-4-3-5-12(13)16(17,18)19;/h3-6,11H,7-10,20H2,1-2H3,(H,21,23);1H. The maximum absolute atomic E-state index is 13.0. The predicted octanol–water partition coefficient (Wildman–Crippen LogP) is 3.12. The summed E-state index contributed by atoms with van der Waals surface area (Å²) in [6, 6.07) is 4.49. The molecule has 0 aliphatic carbocycles. The molecule has 2 atom stereocenters. The van der Waals surface area contributed by atoms with Crippen molar-refractivity contribution in [3.63, 3.8) is 0 Å². The Hall–Kier alpha value is -1.31. The number of nitrogens with one attached hydrogen (secondary N) is 1. The number of anilines is 1. The van der Waals surface area contributed by atoms with Gasteiger partial charge in [0.25, 0.3) is 0 Å². The fraction of sp³-hybridized carbons (Fsp3) is 0.562. The molecule has 3 N–H and O–H groups in total. The van der Waals surface area contributed by atoms with Gasteiger partial charge in [0.05, 0.1) is 17.3 Å². The predicted molar refractivity (Wildman–Crippen MR) is 90.1 cm³/mol. The van der Waals surface area contributed by atoms with Gasteiger partial charge in [0.15, 0.2) is 0 Å². The van der Waals surface area contributed by atoms with E-state index in [1.54, 1.807) is 6.92 Å². The first-order valence-electron chi connectivity index (χ1n) is 7.57. The number of rotatable bonds is 4. The first-order valence-corrected chi connectivity index (χ1v) is 7.57. The summed E-state index contributed by atoms with van der Waals surface area (Å²) < 4.78 is 38.9. The number of nitrogens with two attached hydrogens (primary N) is 1. The topological polar surface area (TPSA) is 58.4 Å². The third kappa shape index (κ3) is 4.62. The summed E-state index contributed by atoms with van der Waals surface area (Å²) in [6.07, 6.45) is -3.63. The molecule has 1 amide bonds. The number of hydrogen-bond donors (Lipinski definition) is 2. The Kier molecular flexibility index (Phi) is 6.67. The molecule has 1 aromatic rings. The van der Waals surface area contributed by atoms with Crippen LogP contribution in [0.25, 0.3) is 0 Å². The van der Waals surface area contributed by atoms with Crippen LogP contribution in [0.15, 0.2) is 24.3 Å². The maximum atomic E-state index is 13.0. The van der Waals surface area contributed by atoms with Gasteiger partial charge in [-0.25, -0.2) is 0 Å². The van der Waals surface area contributed by atoms with Crippen LogP contribution in [-0.2, 0) is 11.0 Å². The molecular formula is C16H23ClF3N3O. The second-order valence-electron chi connectivity index (χ2n) is 6.44. The zero-order chi connectivity index (χ0) is 17.3. The zero-order valence-electron chi connectivity index (χ0n) is 13.7. The average molecular weight is 366 g/mol. The number of hydrogen-bond acceptors (Lipinski definition) is 3. The smallest absolute Gasteiger partial charge is 0.330 e. The molecule has 2 rings (SSSR count). The number of carbonyl (C=O) groups excluding carboxylic acids is 1. The van der Waals surface area contributed by atoms with Crippen LogP contribution < -0.4 is 11.1 Å². The Labute approximate surface area is 146 Å². The van der Waals surface area contributed by atoms with E-state index >= 15 is 0 Å². The summed E-state index contributed by atoms with van der Waals surface area (Å²) >= 11 is 0. The Morgan fingerprint density at radius 1 is 1.42 bits per heavy atom. The van der Waals surface area contributed by atoms with E-state index in [2.05, 4.69) is 12.2 Å². The van der Waals surface area contributed by atoms with Crippen LogP contribution in [-0.4, -0.2) is 36.5 Å². The van der Waals surface area contributed by atoms with Gasteiger partial charge in [-0.1, -0.05) is 19.1 Å². The molecule has 0 bridgehead atoms. The number of carbonyl (C=O) groups is 1. The van der Waals surface area contributed by atoms with E-state index in [0.29, 0.717) is 19.6 Å². The Balaban J connectivity index is 0.00000288. The van der Waals surface area contributed by atoms with E-state index in [1.165, 1.54) is 18.2 Å². The van der Waals surface area contributed by atoms with Crippen molar-refractivity contribution in [1.82, 2.24) is 4.90 Å². The first-order chi connectivity index (χ1) is 10.7. The monoisotopic (exact) mass is 365 g/mol. The number of benzene rings is 1. The maximum Gasteiger partial charge on any atom is 0.418 e. The van der Waals surface area contributed by atoms with Gasteiger partial charge in [0.2, 0.25) is 5.91 Å². The van der Waals surface area contributed by atoms with Crippen molar-refractivity contribution in [3.05, 3.63) is 29.8 Å². The minimum absolute atomic E-state index is 0. The molecule has 1 fully saturated rings. The molecule has 4 nitrogen and oxygen atoms in total. The molecule has 1 saturated heterocycles. The SMILES string of the molecule is CC(C(=O)Nc1ccccc1C(F)(F)F)N1CCC(C)(CN)C1.Cl. The molecular weight excluding hydrogens is 343 g/mol. The summed E-state index contributed by atoms with van der Waals surface area (Å²) in [4.78, 5) is 14.3. The second-order valence-corrected chi connectivity index (χ2v) is 6.44. The lowest BCUT2D eigenvalue weighted by molar-refractivity contribution is -0.137. The molecule has 0 spiro atoms. The van der Waals surface area contributed by atoms with Gasteiger partial charge < -0.3 is 11.1 Å². The van der Waals surface area contributed by atoms with Crippen LogP contribution in [0.3, 0.4) is 0 Å². The van der Waals surface area contributed by atoms with Crippen LogP contribution in [0, 0.1) is 5.41 Å². The van der Waals surface area contributed by atoms with Gasteiger partial charge in [-0.2, -0.15) is 13.2 Å². The van der Waals surface area contributed by atoms with Gasteiger partial charge in [0, 0.05) is 6.54 Å². The Morgan fingerprint density at radius 2 is 2.04 bits per heavy atom. The van der Waals surface area contributed by atoms with E-state index in [0.717, 1.165) is 12.5 Å². The molecule has 1 aromatic carbocycles. The van der Waals surface area contributed by atoms with E-state index in [-0.39, 0.29) is 23.5 Å². The number of para-hydroxylation sites is 1. The molecule has 0 aromatic heterocycles. The lowest BCUT2D eigenvalue weighted by atomic mass is 9.90. The molecule has 1 heterocycles. The Morgan fingerprint density at radius 3 is 2.58 bits per heavy atom. The molecule has 136 valence electrons. The van der Waals surface area contributed by atoms with Gasteiger partial charge in [0.1, 0.15) is 0 Å². The fourth-order valence-electron chi connectivity index (χ4n) is 2.80. The highest BCUT2D eigenvalue weighted by Crippen LogP contribution is 2.35. The highest BCUT2D eigenvalue weighted by atomic mass is 35.5. The van der Waals surface area contributed by atoms with Crippen LogP contribution in [0.1, 0.15) is 25.8 Å². The van der Waals surface area contributed by atoms with E-state index in [9.17, 15) is 18.0 Å². The Bertz CT molecular complexity index is 582. The number of halogens is 4. The van der Waals surface area contributed by atoms with Crippen molar-refractivity contribution in [2.45, 2.75) is 32.5 Å². The summed E-state index contributed by atoms with van der Waals surface area (Å²) in [5, 5.41) is 2.41. The van der Waals surface area contributed by atoms with Crippen LogP contribution >= 0.6 is 12.4 Å². The van der Waals surface area contributed by atoms with Crippen LogP contribution in [0.2, 0.25) is 0 Å². The summed E-state index contributed by atoms with van der Waals surface area (Å²) in [5.74, 6) is -0.442. The largest absolute Gasteiger partial charge is 0.418 e. The van der Waals surface area contributed by atoms with Gasteiger partial charge in [-0.05, 0) is 44.0 Å². The fourth-order valence-corrected chi connectivity index (χ4v) is 2.80. The van der Waals surface area contributed by atoms with Crippen molar-refractivity contribution in [1.29, 1.82) is 0 Å². The summed E-state index contributed by atoms with van der Waals surface area (Å²) in [7, 11) is 0. The van der Waals surface area contributed by atoms with Crippen LogP contribution in [0.5, 0.6) is 0 Å². The van der Waals surface area contributed by atoms with Crippen LogP contribution in [0.4, 0.5) is 18.9 Å².